The zero-order valence-corrected chi connectivity index (χ0v) is 18.3. The van der Waals surface area contributed by atoms with Crippen molar-refractivity contribution in [2.75, 3.05) is 46.4 Å². The number of nitrogens with zero attached hydrogens (tertiary/aromatic N) is 4. The Labute approximate surface area is 177 Å². The Kier molecular flexibility index (Phi) is 8.86. The van der Waals surface area contributed by atoms with Crippen molar-refractivity contribution < 1.29 is 9.26 Å². The summed E-state index contributed by atoms with van der Waals surface area (Å²) in [5, 5.41) is 7.38. The summed E-state index contributed by atoms with van der Waals surface area (Å²) < 4.78 is 10.7. The molecule has 0 aliphatic carbocycles. The fraction of sp³-hybridized carbons (Fsp3) is 0.474. The first kappa shape index (κ1) is 21.5. The van der Waals surface area contributed by atoms with Gasteiger partial charge in [-0.2, -0.15) is 0 Å². The van der Waals surface area contributed by atoms with Gasteiger partial charge in [-0.25, -0.2) is 0 Å². The summed E-state index contributed by atoms with van der Waals surface area (Å²) in [7, 11) is 1.83. The van der Waals surface area contributed by atoms with Gasteiger partial charge in [-0.05, 0) is 18.6 Å². The van der Waals surface area contributed by atoms with Gasteiger partial charge in [-0.15, -0.1) is 24.0 Å². The molecule has 8 heteroatoms. The molecule has 1 aliphatic heterocycles. The molecule has 1 aromatic carbocycles. The fourth-order valence-corrected chi connectivity index (χ4v) is 3.04. The molecule has 0 radical (unpaired) electrons. The van der Waals surface area contributed by atoms with Crippen LogP contribution in [0.5, 0.6) is 5.75 Å². The van der Waals surface area contributed by atoms with Crippen LogP contribution < -0.4 is 10.1 Å². The van der Waals surface area contributed by atoms with Crippen LogP contribution in [-0.4, -0.2) is 67.3 Å². The molecule has 1 fully saturated rings. The average molecular weight is 485 g/mol. The minimum atomic E-state index is 0. The van der Waals surface area contributed by atoms with Crippen LogP contribution in [0.25, 0.3) is 0 Å². The van der Waals surface area contributed by atoms with Crippen molar-refractivity contribution in [3.05, 3.63) is 47.9 Å². The Morgan fingerprint density at radius 2 is 2.00 bits per heavy atom. The highest BCUT2D eigenvalue weighted by molar-refractivity contribution is 14.0. The lowest BCUT2D eigenvalue weighted by molar-refractivity contribution is 0.168. The minimum absolute atomic E-state index is 0. The summed E-state index contributed by atoms with van der Waals surface area (Å²) in [4.78, 5) is 9.07. The van der Waals surface area contributed by atoms with Gasteiger partial charge < -0.3 is 19.5 Å². The molecule has 0 saturated carbocycles. The van der Waals surface area contributed by atoms with Crippen molar-refractivity contribution in [1.82, 2.24) is 20.3 Å². The molecule has 1 aliphatic rings. The molecule has 1 N–H and O–H groups in total. The normalized spacial score (nSPS) is 15.3. The fourth-order valence-electron chi connectivity index (χ4n) is 3.04. The van der Waals surface area contributed by atoms with Crippen molar-refractivity contribution in [3.63, 3.8) is 0 Å². The third-order valence-corrected chi connectivity index (χ3v) is 4.50. The Hall–Kier alpha value is -1.81. The van der Waals surface area contributed by atoms with E-state index in [1.54, 1.807) is 6.26 Å². The molecule has 148 valence electrons. The predicted octanol–water partition coefficient (Wildman–Crippen LogP) is 2.37. The molecule has 0 spiro atoms. The summed E-state index contributed by atoms with van der Waals surface area (Å²) in [6.07, 6.45) is 1.62. The van der Waals surface area contributed by atoms with E-state index in [9.17, 15) is 0 Å². The molecular weight excluding hydrogens is 457 g/mol. The van der Waals surface area contributed by atoms with Crippen molar-refractivity contribution >= 4 is 29.9 Å². The number of rotatable bonds is 6. The number of nitrogens with one attached hydrogen (secondary N) is 1. The van der Waals surface area contributed by atoms with E-state index in [-0.39, 0.29) is 24.0 Å². The monoisotopic (exact) mass is 485 g/mol. The Balaban J connectivity index is 0.00000261. The predicted molar refractivity (Wildman–Crippen MR) is 117 cm³/mol. The average Bonchev–Trinajstić information content (AvgIpc) is 3.17. The molecule has 1 saturated heterocycles. The largest absolute Gasteiger partial charge is 0.491 e. The van der Waals surface area contributed by atoms with E-state index in [1.165, 1.54) is 0 Å². The quantitative estimate of drug-likeness (QED) is 0.294. The van der Waals surface area contributed by atoms with Gasteiger partial charge in [0.15, 0.2) is 5.96 Å². The van der Waals surface area contributed by atoms with Gasteiger partial charge in [0.25, 0.3) is 0 Å². The molecule has 7 nitrogen and oxygen atoms in total. The number of guanidine groups is 1. The highest BCUT2D eigenvalue weighted by atomic mass is 127. The standard InChI is InChI=1S/C19H27N5O2.HI/c1-16-5-3-4-6-18(16)25-14-8-21-19(20-2)24-11-9-23(10-12-24)15-17-7-13-26-22-17;/h3-7,13H,8-12,14-15H2,1-2H3,(H,20,21);1H. The Morgan fingerprint density at radius 1 is 1.22 bits per heavy atom. The second-order valence-electron chi connectivity index (χ2n) is 6.34. The molecule has 27 heavy (non-hydrogen) atoms. The van der Waals surface area contributed by atoms with E-state index < -0.39 is 0 Å². The molecule has 0 unspecified atom stereocenters. The number of aliphatic imine (C=N–C) groups is 1. The molecule has 0 amide bonds. The number of hydrogen-bond donors (Lipinski definition) is 1. The van der Waals surface area contributed by atoms with Crippen LogP contribution in [0.4, 0.5) is 0 Å². The van der Waals surface area contributed by atoms with E-state index >= 15 is 0 Å². The van der Waals surface area contributed by atoms with Crippen LogP contribution in [0, 0.1) is 6.92 Å². The van der Waals surface area contributed by atoms with Crippen molar-refractivity contribution in [1.29, 1.82) is 0 Å². The smallest absolute Gasteiger partial charge is 0.193 e. The van der Waals surface area contributed by atoms with E-state index in [1.807, 2.05) is 31.3 Å². The number of piperazine rings is 1. The number of para-hydroxylation sites is 1. The van der Waals surface area contributed by atoms with Crippen LogP contribution in [0.15, 0.2) is 46.1 Å². The van der Waals surface area contributed by atoms with Gasteiger partial charge in [0.1, 0.15) is 18.6 Å². The summed E-state index contributed by atoms with van der Waals surface area (Å²) >= 11 is 0. The number of benzene rings is 1. The second-order valence-corrected chi connectivity index (χ2v) is 6.34. The van der Waals surface area contributed by atoms with Gasteiger partial charge >= 0.3 is 0 Å². The van der Waals surface area contributed by atoms with E-state index in [0.29, 0.717) is 6.61 Å². The topological polar surface area (TPSA) is 66.1 Å². The van der Waals surface area contributed by atoms with Crippen LogP contribution in [0.2, 0.25) is 0 Å². The summed E-state index contributed by atoms with van der Waals surface area (Å²) in [5.41, 5.74) is 2.13. The number of aryl methyl sites for hydroxylation is 1. The van der Waals surface area contributed by atoms with Gasteiger partial charge in [-0.1, -0.05) is 23.4 Å². The summed E-state index contributed by atoms with van der Waals surface area (Å²) in [5.74, 6) is 1.87. The summed E-state index contributed by atoms with van der Waals surface area (Å²) in [6, 6.07) is 9.98. The minimum Gasteiger partial charge on any atom is -0.491 e. The molecule has 0 bridgehead atoms. The van der Waals surface area contributed by atoms with Crippen LogP contribution >= 0.6 is 24.0 Å². The number of aromatic nitrogens is 1. The molecular formula is C19H28IN5O2. The molecule has 2 aromatic rings. The van der Waals surface area contributed by atoms with Gasteiger partial charge in [0.05, 0.1) is 12.2 Å². The van der Waals surface area contributed by atoms with Gasteiger partial charge in [-0.3, -0.25) is 9.89 Å². The first-order valence-electron chi connectivity index (χ1n) is 9.02. The third-order valence-electron chi connectivity index (χ3n) is 4.50. The van der Waals surface area contributed by atoms with E-state index in [0.717, 1.165) is 62.2 Å². The van der Waals surface area contributed by atoms with Crippen molar-refractivity contribution in [2.24, 2.45) is 4.99 Å². The maximum atomic E-state index is 5.83. The Morgan fingerprint density at radius 3 is 2.67 bits per heavy atom. The first-order valence-corrected chi connectivity index (χ1v) is 9.02. The van der Waals surface area contributed by atoms with Crippen LogP contribution in [0.1, 0.15) is 11.3 Å². The first-order chi connectivity index (χ1) is 12.8. The maximum absolute atomic E-state index is 5.83. The van der Waals surface area contributed by atoms with Gasteiger partial charge in [0.2, 0.25) is 0 Å². The Bertz CT molecular complexity index is 700. The lowest BCUT2D eigenvalue weighted by Crippen LogP contribution is -2.52. The number of halogens is 1. The van der Waals surface area contributed by atoms with E-state index in [4.69, 9.17) is 9.26 Å². The van der Waals surface area contributed by atoms with Crippen molar-refractivity contribution in [2.45, 2.75) is 13.5 Å². The zero-order valence-electron chi connectivity index (χ0n) is 15.9. The zero-order chi connectivity index (χ0) is 18.2. The number of hydrogen-bond acceptors (Lipinski definition) is 5. The van der Waals surface area contributed by atoms with Crippen molar-refractivity contribution in [3.8, 4) is 5.75 Å². The SMILES string of the molecule is CN=C(NCCOc1ccccc1C)N1CCN(Cc2ccon2)CC1.I. The molecule has 1 aromatic heterocycles. The van der Waals surface area contributed by atoms with E-state index in [2.05, 4.69) is 38.3 Å². The molecule has 2 heterocycles. The molecule has 0 atom stereocenters. The summed E-state index contributed by atoms with van der Waals surface area (Å²) in [6.45, 7) is 8.06. The molecule has 3 rings (SSSR count). The van der Waals surface area contributed by atoms with Gasteiger partial charge in [0, 0.05) is 45.8 Å². The maximum Gasteiger partial charge on any atom is 0.193 e. The van der Waals surface area contributed by atoms with Crippen LogP contribution in [0.3, 0.4) is 0 Å². The lowest BCUT2D eigenvalue weighted by atomic mass is 10.2. The third kappa shape index (κ3) is 6.39. The second kappa shape index (κ2) is 11.1. The number of ether oxygens (including phenoxy) is 1. The van der Waals surface area contributed by atoms with Crippen LogP contribution in [-0.2, 0) is 6.54 Å². The highest BCUT2D eigenvalue weighted by Crippen LogP contribution is 2.15. The highest BCUT2D eigenvalue weighted by Gasteiger charge is 2.20. The lowest BCUT2D eigenvalue weighted by Gasteiger charge is -2.36.